The fourth-order valence-electron chi connectivity index (χ4n) is 1.82. The molecule has 2 aromatic carbocycles. The standard InChI is InChI=1S/C13H11N3O7S/c1-7-4-11(16(19)20)13(24(21,22)23)6-10(7)15-14-9-3-2-8(17)5-12(9)18/h2-6,17-18H,1H3,(H,21,22,23). The number of hydrogen-bond donors (Lipinski definition) is 3. The lowest BCUT2D eigenvalue weighted by molar-refractivity contribution is -0.387. The number of azo groups is 1. The molecule has 0 aliphatic carbocycles. The van der Waals surface area contributed by atoms with Crippen LogP contribution in [0.4, 0.5) is 17.1 Å². The van der Waals surface area contributed by atoms with Gasteiger partial charge in [-0.25, -0.2) is 0 Å². The first kappa shape index (κ1) is 17.3. The molecule has 0 saturated heterocycles. The van der Waals surface area contributed by atoms with E-state index < -0.39 is 25.6 Å². The van der Waals surface area contributed by atoms with Crippen LogP contribution in [0.1, 0.15) is 5.56 Å². The predicted octanol–water partition coefficient (Wildman–Crippen LogP) is 2.98. The summed E-state index contributed by atoms with van der Waals surface area (Å²) in [7, 11) is -4.84. The van der Waals surface area contributed by atoms with E-state index in [1.165, 1.54) is 19.1 Å². The van der Waals surface area contributed by atoms with Gasteiger partial charge in [0.1, 0.15) is 17.2 Å². The summed E-state index contributed by atoms with van der Waals surface area (Å²) in [5, 5.41) is 37.1. The van der Waals surface area contributed by atoms with Crippen LogP contribution in [0, 0.1) is 17.0 Å². The van der Waals surface area contributed by atoms with Gasteiger partial charge in [0.15, 0.2) is 4.90 Å². The molecular weight excluding hydrogens is 342 g/mol. The topological polar surface area (TPSA) is 163 Å². The molecular formula is C13H11N3O7S. The van der Waals surface area contributed by atoms with Crippen molar-refractivity contribution >= 4 is 27.2 Å². The number of nitro groups is 1. The van der Waals surface area contributed by atoms with Crippen molar-refractivity contribution in [3.63, 3.8) is 0 Å². The predicted molar refractivity (Wildman–Crippen MR) is 81.6 cm³/mol. The number of aryl methyl sites for hydroxylation is 1. The lowest BCUT2D eigenvalue weighted by Crippen LogP contribution is -2.03. The van der Waals surface area contributed by atoms with Gasteiger partial charge in [0.25, 0.3) is 5.69 Å². The number of phenols is 2. The summed E-state index contributed by atoms with van der Waals surface area (Å²) >= 11 is 0. The Morgan fingerprint density at radius 2 is 1.71 bits per heavy atom. The number of nitrogens with zero attached hydrogens (tertiary/aromatic N) is 3. The van der Waals surface area contributed by atoms with Gasteiger partial charge in [-0.05, 0) is 30.7 Å². The molecule has 0 fully saturated rings. The average Bonchev–Trinajstić information content (AvgIpc) is 2.45. The Labute approximate surface area is 135 Å². The maximum Gasteiger partial charge on any atom is 0.301 e. The van der Waals surface area contributed by atoms with E-state index in [0.29, 0.717) is 0 Å². The molecule has 2 aromatic rings. The highest BCUT2D eigenvalue weighted by Gasteiger charge is 2.25. The number of hydrogen-bond acceptors (Lipinski definition) is 8. The maximum atomic E-state index is 11.3. The average molecular weight is 353 g/mol. The van der Waals surface area contributed by atoms with Crippen LogP contribution in [0.3, 0.4) is 0 Å². The van der Waals surface area contributed by atoms with Crippen molar-refractivity contribution in [2.75, 3.05) is 0 Å². The summed E-state index contributed by atoms with van der Waals surface area (Å²) in [5.41, 5.74) is -0.628. The molecule has 2 rings (SSSR count). The van der Waals surface area contributed by atoms with E-state index >= 15 is 0 Å². The van der Waals surface area contributed by atoms with E-state index in [2.05, 4.69) is 10.2 Å². The minimum Gasteiger partial charge on any atom is -0.508 e. The van der Waals surface area contributed by atoms with E-state index in [1.807, 2.05) is 0 Å². The molecule has 126 valence electrons. The zero-order valence-corrected chi connectivity index (χ0v) is 12.9. The largest absolute Gasteiger partial charge is 0.508 e. The fourth-order valence-corrected chi connectivity index (χ4v) is 2.48. The van der Waals surface area contributed by atoms with Crippen LogP contribution in [-0.4, -0.2) is 28.1 Å². The Morgan fingerprint density at radius 3 is 2.25 bits per heavy atom. The summed E-state index contributed by atoms with van der Waals surface area (Å²) in [6.07, 6.45) is 0. The number of nitro benzene ring substituents is 1. The first-order valence-corrected chi connectivity index (χ1v) is 7.74. The highest BCUT2D eigenvalue weighted by molar-refractivity contribution is 7.86. The molecule has 0 atom stereocenters. The fraction of sp³-hybridized carbons (Fsp3) is 0.0769. The van der Waals surface area contributed by atoms with Crippen molar-refractivity contribution in [3.8, 4) is 11.5 Å². The van der Waals surface area contributed by atoms with E-state index in [0.717, 1.165) is 18.2 Å². The van der Waals surface area contributed by atoms with Crippen molar-refractivity contribution in [3.05, 3.63) is 46.0 Å². The summed E-state index contributed by atoms with van der Waals surface area (Å²) < 4.78 is 31.7. The van der Waals surface area contributed by atoms with Gasteiger partial charge in [0.2, 0.25) is 0 Å². The first-order chi connectivity index (χ1) is 11.1. The molecule has 0 aliphatic heterocycles. The summed E-state index contributed by atoms with van der Waals surface area (Å²) in [6, 6.07) is 5.29. The maximum absolute atomic E-state index is 11.3. The minimum absolute atomic E-state index is 0.0149. The first-order valence-electron chi connectivity index (χ1n) is 6.30. The quantitative estimate of drug-likeness (QED) is 0.329. The van der Waals surface area contributed by atoms with Gasteiger partial charge in [0.05, 0.1) is 10.6 Å². The molecule has 0 unspecified atom stereocenters. The van der Waals surface area contributed by atoms with Gasteiger partial charge in [0, 0.05) is 12.1 Å². The highest BCUT2D eigenvalue weighted by Crippen LogP contribution is 2.35. The molecule has 3 N–H and O–H groups in total. The van der Waals surface area contributed by atoms with Gasteiger partial charge in [-0.3, -0.25) is 14.7 Å². The Morgan fingerprint density at radius 1 is 1.08 bits per heavy atom. The van der Waals surface area contributed by atoms with Crippen molar-refractivity contribution in [2.24, 2.45) is 10.2 Å². The lowest BCUT2D eigenvalue weighted by atomic mass is 10.2. The second kappa shape index (κ2) is 6.22. The monoisotopic (exact) mass is 353 g/mol. The van der Waals surface area contributed by atoms with Gasteiger partial charge >= 0.3 is 10.1 Å². The van der Waals surface area contributed by atoms with Crippen LogP contribution in [0.15, 0.2) is 45.5 Å². The number of aromatic hydroxyl groups is 2. The van der Waals surface area contributed by atoms with Crippen LogP contribution < -0.4 is 0 Å². The molecule has 0 amide bonds. The van der Waals surface area contributed by atoms with Crippen molar-refractivity contribution in [1.82, 2.24) is 0 Å². The third kappa shape index (κ3) is 3.64. The van der Waals surface area contributed by atoms with Crippen molar-refractivity contribution in [2.45, 2.75) is 11.8 Å². The third-order valence-electron chi connectivity index (χ3n) is 2.98. The summed E-state index contributed by atoms with van der Waals surface area (Å²) in [5.74, 6) is -0.556. The number of phenolic OH excluding ortho intramolecular Hbond substituents is 2. The minimum atomic E-state index is -4.84. The van der Waals surface area contributed by atoms with Crippen LogP contribution in [0.2, 0.25) is 0 Å². The Kier molecular flexibility index (Phi) is 4.48. The van der Waals surface area contributed by atoms with E-state index in [-0.39, 0.29) is 28.4 Å². The van der Waals surface area contributed by atoms with Crippen molar-refractivity contribution in [1.29, 1.82) is 0 Å². The molecule has 0 bridgehead atoms. The lowest BCUT2D eigenvalue weighted by Gasteiger charge is -2.04. The zero-order valence-electron chi connectivity index (χ0n) is 12.1. The van der Waals surface area contributed by atoms with Gasteiger partial charge < -0.3 is 10.2 Å². The smallest absolute Gasteiger partial charge is 0.301 e. The highest BCUT2D eigenvalue weighted by atomic mass is 32.2. The van der Waals surface area contributed by atoms with Crippen LogP contribution in [-0.2, 0) is 10.1 Å². The molecule has 0 radical (unpaired) electrons. The Hall–Kier alpha value is -3.05. The third-order valence-corrected chi connectivity index (χ3v) is 3.86. The van der Waals surface area contributed by atoms with Gasteiger partial charge in [-0.2, -0.15) is 13.5 Å². The second-order valence-electron chi connectivity index (χ2n) is 4.71. The van der Waals surface area contributed by atoms with Crippen LogP contribution in [0.5, 0.6) is 11.5 Å². The molecule has 0 aliphatic rings. The molecule has 0 spiro atoms. The molecule has 0 saturated carbocycles. The molecule has 11 heteroatoms. The van der Waals surface area contributed by atoms with E-state index in [1.54, 1.807) is 0 Å². The van der Waals surface area contributed by atoms with E-state index in [9.17, 15) is 28.7 Å². The summed E-state index contributed by atoms with van der Waals surface area (Å²) in [6.45, 7) is 1.44. The number of benzene rings is 2. The zero-order chi connectivity index (χ0) is 18.1. The summed E-state index contributed by atoms with van der Waals surface area (Å²) in [4.78, 5) is 9.05. The second-order valence-corrected chi connectivity index (χ2v) is 6.10. The van der Waals surface area contributed by atoms with E-state index in [4.69, 9.17) is 4.55 Å². The number of rotatable bonds is 4. The van der Waals surface area contributed by atoms with Crippen LogP contribution >= 0.6 is 0 Å². The normalized spacial score (nSPS) is 11.8. The molecule has 0 heterocycles. The molecule has 24 heavy (non-hydrogen) atoms. The Bertz CT molecular complexity index is 954. The van der Waals surface area contributed by atoms with Gasteiger partial charge in [-0.15, -0.1) is 5.11 Å². The van der Waals surface area contributed by atoms with Crippen LogP contribution in [0.25, 0.3) is 0 Å². The SMILES string of the molecule is Cc1cc([N+](=O)[O-])c(S(=O)(=O)O)cc1N=Nc1ccc(O)cc1O. The Balaban J connectivity index is 2.55. The van der Waals surface area contributed by atoms with Gasteiger partial charge in [-0.1, -0.05) is 0 Å². The molecule has 10 nitrogen and oxygen atoms in total. The molecule has 0 aromatic heterocycles. The van der Waals surface area contributed by atoms with Crippen molar-refractivity contribution < 1.29 is 28.1 Å².